The van der Waals surface area contributed by atoms with Crippen molar-refractivity contribution in [1.82, 2.24) is 10.2 Å². The molecule has 0 fully saturated rings. The van der Waals surface area contributed by atoms with Crippen LogP contribution in [0.1, 0.15) is 30.5 Å². The Kier molecular flexibility index (Phi) is 11.4. The maximum absolute atomic E-state index is 13.7. The topological polar surface area (TPSA) is 58.6 Å². The molecule has 0 aliphatic rings. The van der Waals surface area contributed by atoms with Crippen molar-refractivity contribution in [3.63, 3.8) is 0 Å². The number of thioether (sulfide) groups is 1. The normalized spacial score (nSPS) is 11.7. The number of hydrogen-bond acceptors (Lipinski definition) is 4. The summed E-state index contributed by atoms with van der Waals surface area (Å²) in [6.07, 6.45) is 0.421. The molecule has 0 aliphatic heterocycles. The number of methoxy groups -OCH3 is 1. The molecule has 0 aromatic heterocycles. The van der Waals surface area contributed by atoms with E-state index in [1.54, 1.807) is 12.0 Å². The van der Waals surface area contributed by atoms with Crippen molar-refractivity contribution in [1.29, 1.82) is 0 Å². The molecule has 0 bridgehead atoms. The SMILES string of the molecule is COc1ccc(CSCC(=O)N(Cc2ccccc2Cl)C(Cc2ccccc2)C(=O)NCC(C)C)cc1. The number of hydrogen-bond donors (Lipinski definition) is 1. The summed E-state index contributed by atoms with van der Waals surface area (Å²) in [4.78, 5) is 28.8. The molecule has 5 nitrogen and oxygen atoms in total. The Bertz CT molecular complexity index is 1140. The number of benzene rings is 3. The lowest BCUT2D eigenvalue weighted by atomic mass is 10.0. The molecule has 0 heterocycles. The summed E-state index contributed by atoms with van der Waals surface area (Å²) >= 11 is 8.00. The molecule has 1 N–H and O–H groups in total. The molecule has 0 spiro atoms. The minimum absolute atomic E-state index is 0.0981. The Morgan fingerprint density at radius 2 is 1.62 bits per heavy atom. The summed E-state index contributed by atoms with van der Waals surface area (Å²) in [6, 6.07) is 24.4. The number of rotatable bonds is 13. The largest absolute Gasteiger partial charge is 0.497 e. The zero-order valence-corrected chi connectivity index (χ0v) is 23.2. The maximum Gasteiger partial charge on any atom is 0.243 e. The van der Waals surface area contributed by atoms with Crippen molar-refractivity contribution in [2.75, 3.05) is 19.4 Å². The Balaban J connectivity index is 1.83. The first-order chi connectivity index (χ1) is 17.9. The van der Waals surface area contributed by atoms with E-state index in [2.05, 4.69) is 19.2 Å². The monoisotopic (exact) mass is 538 g/mol. The number of carbonyl (C=O) groups excluding carboxylic acids is 2. The number of nitrogens with zero attached hydrogens (tertiary/aromatic N) is 1. The van der Waals surface area contributed by atoms with E-state index < -0.39 is 6.04 Å². The summed E-state index contributed by atoms with van der Waals surface area (Å²) in [6.45, 7) is 4.91. The number of carbonyl (C=O) groups is 2. The highest BCUT2D eigenvalue weighted by atomic mass is 35.5. The van der Waals surface area contributed by atoms with Crippen LogP contribution in [0.2, 0.25) is 5.02 Å². The van der Waals surface area contributed by atoms with Crippen molar-refractivity contribution in [3.8, 4) is 5.75 Å². The lowest BCUT2D eigenvalue weighted by Gasteiger charge is -2.32. The molecule has 3 aromatic carbocycles. The fourth-order valence-corrected chi connectivity index (χ4v) is 4.91. The van der Waals surface area contributed by atoms with E-state index in [0.717, 1.165) is 22.4 Å². The van der Waals surface area contributed by atoms with Crippen LogP contribution in [-0.2, 0) is 28.3 Å². The zero-order chi connectivity index (χ0) is 26.6. The molecule has 3 aromatic rings. The highest BCUT2D eigenvalue weighted by Crippen LogP contribution is 2.22. The van der Waals surface area contributed by atoms with Gasteiger partial charge in [-0.25, -0.2) is 0 Å². The fourth-order valence-electron chi connectivity index (χ4n) is 3.85. The summed E-state index contributed by atoms with van der Waals surface area (Å²) in [7, 11) is 1.64. The van der Waals surface area contributed by atoms with Crippen molar-refractivity contribution in [3.05, 3.63) is 101 Å². The van der Waals surface area contributed by atoms with E-state index in [1.165, 1.54) is 11.8 Å². The summed E-state index contributed by atoms with van der Waals surface area (Å²) < 4.78 is 5.23. The van der Waals surface area contributed by atoms with E-state index in [1.807, 2.05) is 78.9 Å². The average molecular weight is 539 g/mol. The third-order valence-corrected chi connectivity index (χ3v) is 7.26. The van der Waals surface area contributed by atoms with Gasteiger partial charge in [-0.2, -0.15) is 0 Å². The van der Waals surface area contributed by atoms with Crippen molar-refractivity contribution < 1.29 is 14.3 Å². The first-order valence-electron chi connectivity index (χ1n) is 12.4. The molecule has 1 atom stereocenters. The second-order valence-electron chi connectivity index (χ2n) is 9.30. The molecule has 196 valence electrons. The van der Waals surface area contributed by atoms with Gasteiger partial charge in [0.2, 0.25) is 11.8 Å². The molecule has 7 heteroatoms. The molecule has 3 rings (SSSR count). The quantitative estimate of drug-likeness (QED) is 0.290. The van der Waals surface area contributed by atoms with Gasteiger partial charge in [-0.15, -0.1) is 11.8 Å². The van der Waals surface area contributed by atoms with Gasteiger partial charge in [0.15, 0.2) is 0 Å². The second kappa shape index (κ2) is 14.7. The molecule has 0 saturated carbocycles. The first-order valence-corrected chi connectivity index (χ1v) is 14.0. The minimum atomic E-state index is -0.661. The molecule has 0 aliphatic carbocycles. The Morgan fingerprint density at radius 3 is 2.27 bits per heavy atom. The van der Waals surface area contributed by atoms with Crippen LogP contribution in [0.4, 0.5) is 0 Å². The number of nitrogens with one attached hydrogen (secondary N) is 1. The van der Waals surface area contributed by atoms with Crippen LogP contribution in [0.15, 0.2) is 78.9 Å². The second-order valence-corrected chi connectivity index (χ2v) is 10.7. The molecule has 2 amide bonds. The van der Waals surface area contributed by atoms with Crippen molar-refractivity contribution in [2.24, 2.45) is 5.92 Å². The van der Waals surface area contributed by atoms with Gasteiger partial charge >= 0.3 is 0 Å². The van der Waals surface area contributed by atoms with Crippen LogP contribution in [0.25, 0.3) is 0 Å². The van der Waals surface area contributed by atoms with Crippen LogP contribution in [-0.4, -0.2) is 42.2 Å². The molecule has 37 heavy (non-hydrogen) atoms. The van der Waals surface area contributed by atoms with E-state index in [-0.39, 0.29) is 24.1 Å². The summed E-state index contributed by atoms with van der Waals surface area (Å²) in [5.41, 5.74) is 2.91. The summed E-state index contributed by atoms with van der Waals surface area (Å²) in [5.74, 6) is 1.77. The number of halogens is 1. The van der Waals surface area contributed by atoms with Gasteiger partial charge in [-0.3, -0.25) is 9.59 Å². The van der Waals surface area contributed by atoms with Gasteiger partial charge in [-0.05, 0) is 40.8 Å². The Morgan fingerprint density at radius 1 is 0.946 bits per heavy atom. The van der Waals surface area contributed by atoms with E-state index in [0.29, 0.717) is 29.7 Å². The minimum Gasteiger partial charge on any atom is -0.497 e. The molecular formula is C30H35ClN2O3S. The first kappa shape index (κ1) is 28.6. The molecule has 1 unspecified atom stereocenters. The standard InChI is InChI=1S/C30H35ClN2O3S/c1-22(2)18-32-30(35)28(17-23-9-5-4-6-10-23)33(19-25-11-7-8-12-27(25)31)29(34)21-37-20-24-13-15-26(36-3)16-14-24/h4-16,22,28H,17-21H2,1-3H3,(H,32,35). The fraction of sp³-hybridized carbons (Fsp3) is 0.333. The predicted octanol–water partition coefficient (Wildman–Crippen LogP) is 5.99. The highest BCUT2D eigenvalue weighted by Gasteiger charge is 2.30. The van der Waals surface area contributed by atoms with E-state index in [9.17, 15) is 9.59 Å². The lowest BCUT2D eigenvalue weighted by molar-refractivity contribution is -0.139. The maximum atomic E-state index is 13.7. The van der Waals surface area contributed by atoms with Crippen molar-refractivity contribution >= 4 is 35.2 Å². The van der Waals surface area contributed by atoms with Gasteiger partial charge in [0.25, 0.3) is 0 Å². The zero-order valence-electron chi connectivity index (χ0n) is 21.7. The van der Waals surface area contributed by atoms with E-state index >= 15 is 0 Å². The molecule has 0 saturated heterocycles. The van der Waals surface area contributed by atoms with Gasteiger partial charge in [0.05, 0.1) is 12.9 Å². The van der Waals surface area contributed by atoms with Crippen LogP contribution in [0.3, 0.4) is 0 Å². The van der Waals surface area contributed by atoms with Gasteiger partial charge < -0.3 is 15.0 Å². The Hall–Kier alpha value is -2.96. The third kappa shape index (κ3) is 9.13. The average Bonchev–Trinajstić information content (AvgIpc) is 2.91. The van der Waals surface area contributed by atoms with Crippen molar-refractivity contribution in [2.45, 2.75) is 38.6 Å². The third-order valence-electron chi connectivity index (χ3n) is 5.91. The van der Waals surface area contributed by atoms with Gasteiger partial charge in [0.1, 0.15) is 11.8 Å². The van der Waals surface area contributed by atoms with E-state index in [4.69, 9.17) is 16.3 Å². The van der Waals surface area contributed by atoms with Gasteiger partial charge in [-0.1, -0.05) is 86.1 Å². The predicted molar refractivity (Wildman–Crippen MR) is 153 cm³/mol. The van der Waals surface area contributed by atoms with Crippen LogP contribution in [0.5, 0.6) is 5.75 Å². The molecule has 0 radical (unpaired) electrons. The Labute approximate surface area is 229 Å². The molecular weight excluding hydrogens is 504 g/mol. The lowest BCUT2D eigenvalue weighted by Crippen LogP contribution is -2.51. The van der Waals surface area contributed by atoms with Crippen LogP contribution in [0, 0.1) is 5.92 Å². The number of ether oxygens (including phenoxy) is 1. The highest BCUT2D eigenvalue weighted by molar-refractivity contribution is 7.99. The number of amides is 2. The smallest absolute Gasteiger partial charge is 0.243 e. The van der Waals surface area contributed by atoms with Crippen LogP contribution < -0.4 is 10.1 Å². The summed E-state index contributed by atoms with van der Waals surface area (Å²) in [5, 5.41) is 3.62. The van der Waals surface area contributed by atoms with Crippen LogP contribution >= 0.6 is 23.4 Å². The van der Waals surface area contributed by atoms with Gasteiger partial charge in [0, 0.05) is 30.3 Å².